The van der Waals surface area contributed by atoms with Crippen molar-refractivity contribution in [2.24, 2.45) is 0 Å². The molecule has 190 valence electrons. The van der Waals surface area contributed by atoms with Crippen molar-refractivity contribution in [3.05, 3.63) is 63.1 Å². The molecule has 7 nitrogen and oxygen atoms in total. The molecule has 1 fully saturated rings. The lowest BCUT2D eigenvalue weighted by atomic mass is 10.1. The van der Waals surface area contributed by atoms with Crippen LogP contribution in [0.2, 0.25) is 15.1 Å². The summed E-state index contributed by atoms with van der Waals surface area (Å²) in [7, 11) is -3.84. The number of carbonyl (C=O) groups excluding carboxylic acids is 2. The molecule has 35 heavy (non-hydrogen) atoms. The van der Waals surface area contributed by atoms with Gasteiger partial charge in [0.05, 0.1) is 11.9 Å². The summed E-state index contributed by atoms with van der Waals surface area (Å²) in [6.07, 6.45) is 4.87. The fourth-order valence-electron chi connectivity index (χ4n) is 4.07. The van der Waals surface area contributed by atoms with Gasteiger partial charge in [0.1, 0.15) is 12.6 Å². The van der Waals surface area contributed by atoms with Crippen molar-refractivity contribution in [3.8, 4) is 0 Å². The molecule has 3 rings (SSSR count). The Morgan fingerprint density at radius 3 is 2.23 bits per heavy atom. The van der Waals surface area contributed by atoms with Crippen molar-refractivity contribution in [2.75, 3.05) is 17.1 Å². The first-order valence-corrected chi connectivity index (χ1v) is 14.2. The molecule has 1 saturated carbocycles. The van der Waals surface area contributed by atoms with Crippen LogP contribution in [0.15, 0.2) is 42.5 Å². The summed E-state index contributed by atoms with van der Waals surface area (Å²) >= 11 is 18.7. The van der Waals surface area contributed by atoms with Crippen molar-refractivity contribution >= 4 is 62.3 Å². The summed E-state index contributed by atoms with van der Waals surface area (Å²) in [6.45, 7) is 1.02. The fourth-order valence-corrected chi connectivity index (χ4v) is 5.62. The highest BCUT2D eigenvalue weighted by molar-refractivity contribution is 7.92. The molecule has 0 heterocycles. The molecule has 0 spiro atoms. The van der Waals surface area contributed by atoms with Crippen LogP contribution in [-0.4, -0.2) is 50.0 Å². The van der Waals surface area contributed by atoms with E-state index in [1.807, 2.05) is 0 Å². The van der Waals surface area contributed by atoms with Gasteiger partial charge in [0.15, 0.2) is 0 Å². The normalized spacial score (nSPS) is 15.0. The molecule has 0 bridgehead atoms. The molecule has 1 aliphatic carbocycles. The molecule has 2 amide bonds. The van der Waals surface area contributed by atoms with Gasteiger partial charge < -0.3 is 10.2 Å². The Hall–Kier alpha value is -2.00. The van der Waals surface area contributed by atoms with Gasteiger partial charge in [0.2, 0.25) is 21.8 Å². The van der Waals surface area contributed by atoms with Crippen LogP contribution in [0.3, 0.4) is 0 Å². The summed E-state index contributed by atoms with van der Waals surface area (Å²) in [5.41, 5.74) is 0.713. The van der Waals surface area contributed by atoms with Gasteiger partial charge >= 0.3 is 0 Å². The molecule has 0 saturated heterocycles. The maximum Gasteiger partial charge on any atom is 0.244 e. The average Bonchev–Trinajstić information content (AvgIpc) is 3.29. The Labute approximate surface area is 221 Å². The molecule has 0 unspecified atom stereocenters. The zero-order valence-electron chi connectivity index (χ0n) is 19.5. The third-order valence-corrected chi connectivity index (χ3v) is 8.12. The Morgan fingerprint density at radius 2 is 1.66 bits per heavy atom. The van der Waals surface area contributed by atoms with E-state index in [0.717, 1.165) is 36.2 Å². The molecular formula is C24H28Cl3N3O4S. The lowest BCUT2D eigenvalue weighted by molar-refractivity contribution is -0.139. The number of rotatable bonds is 9. The van der Waals surface area contributed by atoms with Crippen LogP contribution < -0.4 is 9.62 Å². The predicted octanol–water partition coefficient (Wildman–Crippen LogP) is 4.89. The van der Waals surface area contributed by atoms with E-state index in [0.29, 0.717) is 20.6 Å². The van der Waals surface area contributed by atoms with Crippen LogP contribution >= 0.6 is 34.8 Å². The molecule has 0 aliphatic heterocycles. The van der Waals surface area contributed by atoms with Crippen LogP contribution in [0, 0.1) is 0 Å². The summed E-state index contributed by atoms with van der Waals surface area (Å²) in [6, 6.07) is 10.3. The van der Waals surface area contributed by atoms with Gasteiger partial charge in [0, 0.05) is 33.2 Å². The van der Waals surface area contributed by atoms with Gasteiger partial charge in [-0.2, -0.15) is 0 Å². The van der Waals surface area contributed by atoms with Gasteiger partial charge in [0.25, 0.3) is 0 Å². The van der Waals surface area contributed by atoms with E-state index in [1.54, 1.807) is 43.3 Å². The van der Waals surface area contributed by atoms with E-state index >= 15 is 0 Å². The van der Waals surface area contributed by atoms with Gasteiger partial charge in [-0.3, -0.25) is 13.9 Å². The number of hydrogen-bond acceptors (Lipinski definition) is 4. The summed E-state index contributed by atoms with van der Waals surface area (Å²) < 4.78 is 26.1. The van der Waals surface area contributed by atoms with Crippen molar-refractivity contribution in [2.45, 2.75) is 51.2 Å². The highest BCUT2D eigenvalue weighted by atomic mass is 35.5. The maximum absolute atomic E-state index is 13.6. The van der Waals surface area contributed by atoms with Crippen molar-refractivity contribution in [1.82, 2.24) is 10.2 Å². The van der Waals surface area contributed by atoms with Crippen LogP contribution in [0.5, 0.6) is 0 Å². The molecule has 1 aliphatic rings. The number of nitrogens with zero attached hydrogens (tertiary/aromatic N) is 2. The van der Waals surface area contributed by atoms with Crippen molar-refractivity contribution < 1.29 is 18.0 Å². The van der Waals surface area contributed by atoms with E-state index in [1.165, 1.54) is 11.0 Å². The molecule has 1 atom stereocenters. The minimum absolute atomic E-state index is 0.0600. The Morgan fingerprint density at radius 1 is 1.06 bits per heavy atom. The predicted molar refractivity (Wildman–Crippen MR) is 141 cm³/mol. The molecule has 2 aromatic carbocycles. The molecule has 0 radical (unpaired) electrons. The monoisotopic (exact) mass is 559 g/mol. The number of benzene rings is 2. The van der Waals surface area contributed by atoms with E-state index in [2.05, 4.69) is 5.32 Å². The number of carbonyl (C=O) groups is 2. The molecular weight excluding hydrogens is 533 g/mol. The molecule has 2 aromatic rings. The van der Waals surface area contributed by atoms with Gasteiger partial charge in [-0.05, 0) is 50.1 Å². The first-order valence-electron chi connectivity index (χ1n) is 11.2. The molecule has 1 N–H and O–H groups in total. The number of amides is 2. The third-order valence-electron chi connectivity index (χ3n) is 6.03. The van der Waals surface area contributed by atoms with Crippen LogP contribution in [0.25, 0.3) is 0 Å². The highest BCUT2D eigenvalue weighted by Crippen LogP contribution is 2.28. The quantitative estimate of drug-likeness (QED) is 0.473. The van der Waals surface area contributed by atoms with Crippen LogP contribution in [0.1, 0.15) is 38.2 Å². The summed E-state index contributed by atoms with van der Waals surface area (Å²) in [4.78, 5) is 28.0. The second-order valence-corrected chi connectivity index (χ2v) is 11.8. The minimum Gasteiger partial charge on any atom is -0.352 e. The standard InChI is InChI=1S/C24H28Cl3N3O4S/c1-16(24(32)28-18-8-3-4-9-18)29(14-20-21(26)11-6-12-22(20)27)23(31)15-30(35(2,33)34)19-10-5-7-17(25)13-19/h5-7,10-13,16,18H,3-4,8-9,14-15H2,1-2H3,(H,28,32)/t16-/m1/s1. The van der Waals surface area contributed by atoms with Crippen LogP contribution in [0.4, 0.5) is 5.69 Å². The van der Waals surface area contributed by atoms with Crippen molar-refractivity contribution in [1.29, 1.82) is 0 Å². The van der Waals surface area contributed by atoms with E-state index in [9.17, 15) is 18.0 Å². The zero-order valence-corrected chi connectivity index (χ0v) is 22.6. The Balaban J connectivity index is 1.92. The number of hydrogen-bond donors (Lipinski definition) is 1. The zero-order chi connectivity index (χ0) is 25.8. The second kappa shape index (κ2) is 11.8. The molecule has 11 heteroatoms. The Kier molecular flexibility index (Phi) is 9.32. The second-order valence-electron chi connectivity index (χ2n) is 8.64. The molecule has 0 aromatic heterocycles. The number of anilines is 1. The number of sulfonamides is 1. The Bertz CT molecular complexity index is 1170. The smallest absolute Gasteiger partial charge is 0.244 e. The summed E-state index contributed by atoms with van der Waals surface area (Å²) in [5.74, 6) is -0.900. The average molecular weight is 561 g/mol. The summed E-state index contributed by atoms with van der Waals surface area (Å²) in [5, 5.41) is 4.01. The fraction of sp³-hybridized carbons (Fsp3) is 0.417. The largest absolute Gasteiger partial charge is 0.352 e. The van der Waals surface area contributed by atoms with E-state index in [-0.39, 0.29) is 24.2 Å². The first-order chi connectivity index (χ1) is 16.5. The lowest BCUT2D eigenvalue weighted by Gasteiger charge is -2.32. The topological polar surface area (TPSA) is 86.8 Å². The van der Waals surface area contributed by atoms with Gasteiger partial charge in [-0.1, -0.05) is 59.8 Å². The van der Waals surface area contributed by atoms with Gasteiger partial charge in [-0.15, -0.1) is 0 Å². The minimum atomic E-state index is -3.84. The lowest BCUT2D eigenvalue weighted by Crippen LogP contribution is -2.52. The maximum atomic E-state index is 13.6. The number of nitrogens with one attached hydrogen (secondary N) is 1. The third kappa shape index (κ3) is 7.26. The SMILES string of the molecule is C[C@H](C(=O)NC1CCCC1)N(Cc1c(Cl)cccc1Cl)C(=O)CN(c1cccc(Cl)c1)S(C)(=O)=O. The van der Waals surface area contributed by atoms with E-state index < -0.39 is 28.5 Å². The number of halogens is 3. The highest BCUT2D eigenvalue weighted by Gasteiger charge is 2.32. The van der Waals surface area contributed by atoms with Crippen molar-refractivity contribution in [3.63, 3.8) is 0 Å². The van der Waals surface area contributed by atoms with Gasteiger partial charge in [-0.25, -0.2) is 8.42 Å². The van der Waals surface area contributed by atoms with Crippen LogP contribution in [-0.2, 0) is 26.2 Å². The van der Waals surface area contributed by atoms with E-state index in [4.69, 9.17) is 34.8 Å². The first kappa shape index (κ1) is 27.6.